The minimum atomic E-state index is -0.375. The van der Waals surface area contributed by atoms with Crippen LogP contribution < -0.4 is 4.90 Å². The quantitative estimate of drug-likeness (QED) is 0.730. The third-order valence-electron chi connectivity index (χ3n) is 4.01. The van der Waals surface area contributed by atoms with Crippen LogP contribution in [0.5, 0.6) is 0 Å². The van der Waals surface area contributed by atoms with Crippen molar-refractivity contribution in [2.45, 2.75) is 12.8 Å². The molecule has 0 spiro atoms. The minimum Gasteiger partial charge on any atom is -0.280 e. The lowest BCUT2D eigenvalue weighted by Gasteiger charge is -2.17. The molecule has 3 heterocycles. The Morgan fingerprint density at radius 2 is 1.70 bits per heavy atom. The van der Waals surface area contributed by atoms with E-state index in [4.69, 9.17) is 0 Å². The Kier molecular flexibility index (Phi) is 3.12. The number of hydrogen-bond acceptors (Lipinski definition) is 4. The van der Waals surface area contributed by atoms with Crippen LogP contribution in [-0.4, -0.2) is 20.9 Å². The Morgan fingerprint density at radius 1 is 1.00 bits per heavy atom. The molecular formula is C18H14N4O. The van der Waals surface area contributed by atoms with Crippen molar-refractivity contribution in [3.8, 4) is 0 Å². The maximum atomic E-state index is 13.1. The fourth-order valence-corrected chi connectivity index (χ4v) is 2.95. The average Bonchev–Trinajstić information content (AvgIpc) is 2.88. The van der Waals surface area contributed by atoms with E-state index in [2.05, 4.69) is 15.0 Å². The standard InChI is InChI=1S/C18H14N4O/c1-12-20-10-13(11-21-12)17-15-4-2-3-5-16(15)22(18(17)23)14-6-8-19-9-7-14/h2-11,17H,1H3. The number of carbonyl (C=O) groups excluding carboxylic acids is 1. The monoisotopic (exact) mass is 302 g/mol. The van der Waals surface area contributed by atoms with Gasteiger partial charge in [-0.25, -0.2) is 9.97 Å². The van der Waals surface area contributed by atoms with Crippen LogP contribution in [0.25, 0.3) is 0 Å². The molecule has 23 heavy (non-hydrogen) atoms. The van der Waals surface area contributed by atoms with Crippen LogP contribution in [0.2, 0.25) is 0 Å². The molecule has 1 aliphatic rings. The molecule has 1 aromatic carbocycles. The largest absolute Gasteiger partial charge is 0.280 e. The van der Waals surface area contributed by atoms with E-state index < -0.39 is 0 Å². The van der Waals surface area contributed by atoms with Gasteiger partial charge >= 0.3 is 0 Å². The van der Waals surface area contributed by atoms with E-state index in [0.717, 1.165) is 22.5 Å². The van der Waals surface area contributed by atoms with Gasteiger partial charge in [-0.15, -0.1) is 0 Å². The lowest BCUT2D eigenvalue weighted by atomic mass is 9.95. The van der Waals surface area contributed by atoms with E-state index in [0.29, 0.717) is 5.82 Å². The van der Waals surface area contributed by atoms with Crippen LogP contribution in [0.4, 0.5) is 11.4 Å². The lowest BCUT2D eigenvalue weighted by molar-refractivity contribution is -0.117. The number of amides is 1. The number of rotatable bonds is 2. The molecule has 112 valence electrons. The fraction of sp³-hybridized carbons (Fsp3) is 0.111. The van der Waals surface area contributed by atoms with Crippen molar-refractivity contribution in [3.05, 3.63) is 78.1 Å². The third-order valence-corrected chi connectivity index (χ3v) is 4.01. The molecule has 2 aromatic heterocycles. The number of hydrogen-bond donors (Lipinski definition) is 0. The summed E-state index contributed by atoms with van der Waals surface area (Å²) in [6, 6.07) is 11.5. The van der Waals surface area contributed by atoms with Crippen LogP contribution in [0.15, 0.2) is 61.2 Å². The molecule has 3 aromatic rings. The summed E-state index contributed by atoms with van der Waals surface area (Å²) in [5, 5.41) is 0. The number of nitrogens with zero attached hydrogens (tertiary/aromatic N) is 4. The Morgan fingerprint density at radius 3 is 2.43 bits per heavy atom. The van der Waals surface area contributed by atoms with Crippen LogP contribution in [0.1, 0.15) is 22.9 Å². The van der Waals surface area contributed by atoms with Crippen molar-refractivity contribution in [2.75, 3.05) is 4.90 Å². The number of fused-ring (bicyclic) bond motifs is 1. The van der Waals surface area contributed by atoms with Crippen LogP contribution in [-0.2, 0) is 4.79 Å². The van der Waals surface area contributed by atoms with Crippen molar-refractivity contribution >= 4 is 17.3 Å². The zero-order chi connectivity index (χ0) is 15.8. The van der Waals surface area contributed by atoms with Gasteiger partial charge in [0.25, 0.3) is 0 Å². The summed E-state index contributed by atoms with van der Waals surface area (Å²) >= 11 is 0. The molecule has 0 aliphatic carbocycles. The van der Waals surface area contributed by atoms with Gasteiger partial charge < -0.3 is 0 Å². The van der Waals surface area contributed by atoms with Gasteiger partial charge in [0.1, 0.15) is 5.82 Å². The number of carbonyl (C=O) groups is 1. The number of aryl methyl sites for hydroxylation is 1. The van der Waals surface area contributed by atoms with Gasteiger partial charge in [-0.3, -0.25) is 14.7 Å². The van der Waals surface area contributed by atoms with E-state index in [1.54, 1.807) is 29.7 Å². The van der Waals surface area contributed by atoms with Gasteiger partial charge in [-0.1, -0.05) is 18.2 Å². The Hall–Kier alpha value is -3.08. The topological polar surface area (TPSA) is 59.0 Å². The number of pyridine rings is 1. The molecule has 0 fully saturated rings. The van der Waals surface area contributed by atoms with Gasteiger partial charge in [-0.05, 0) is 30.7 Å². The molecule has 0 saturated carbocycles. The average molecular weight is 302 g/mol. The summed E-state index contributed by atoms with van der Waals surface area (Å²) in [6.45, 7) is 1.83. The molecule has 1 amide bonds. The summed E-state index contributed by atoms with van der Waals surface area (Å²) in [4.78, 5) is 27.3. The number of aromatic nitrogens is 3. The SMILES string of the molecule is Cc1ncc(C2C(=O)N(c3ccncc3)c3ccccc32)cn1. The first-order chi connectivity index (χ1) is 11.3. The molecule has 4 rings (SSSR count). The van der Waals surface area contributed by atoms with E-state index >= 15 is 0 Å². The van der Waals surface area contributed by atoms with Crippen LogP contribution in [0, 0.1) is 6.92 Å². The van der Waals surface area contributed by atoms with Gasteiger partial charge in [0.2, 0.25) is 5.91 Å². The first kappa shape index (κ1) is 13.6. The molecule has 5 heteroatoms. The maximum Gasteiger partial charge on any atom is 0.243 e. The molecular weight excluding hydrogens is 288 g/mol. The Labute approximate surface area is 133 Å². The van der Waals surface area contributed by atoms with E-state index in [1.807, 2.05) is 43.3 Å². The first-order valence-corrected chi connectivity index (χ1v) is 7.37. The Bertz CT molecular complexity index is 862. The molecule has 0 N–H and O–H groups in total. The summed E-state index contributed by atoms with van der Waals surface area (Å²) in [7, 11) is 0. The normalized spacial score (nSPS) is 16.5. The predicted octanol–water partition coefficient (Wildman–Crippen LogP) is 2.99. The number of para-hydroxylation sites is 1. The second-order valence-electron chi connectivity index (χ2n) is 5.43. The molecule has 1 aliphatic heterocycles. The fourth-order valence-electron chi connectivity index (χ4n) is 2.95. The predicted molar refractivity (Wildman–Crippen MR) is 86.4 cm³/mol. The van der Waals surface area contributed by atoms with E-state index in [1.165, 1.54) is 0 Å². The second-order valence-corrected chi connectivity index (χ2v) is 5.43. The summed E-state index contributed by atoms with van der Waals surface area (Å²) < 4.78 is 0. The van der Waals surface area contributed by atoms with Crippen LogP contribution in [0.3, 0.4) is 0 Å². The lowest BCUT2D eigenvalue weighted by Crippen LogP contribution is -2.24. The van der Waals surface area contributed by atoms with Gasteiger partial charge in [-0.2, -0.15) is 0 Å². The van der Waals surface area contributed by atoms with Crippen molar-refractivity contribution in [1.82, 2.24) is 15.0 Å². The van der Waals surface area contributed by atoms with Gasteiger partial charge in [0, 0.05) is 30.4 Å². The van der Waals surface area contributed by atoms with Gasteiger partial charge in [0.05, 0.1) is 17.3 Å². The van der Waals surface area contributed by atoms with Crippen molar-refractivity contribution in [1.29, 1.82) is 0 Å². The smallest absolute Gasteiger partial charge is 0.243 e. The summed E-state index contributed by atoms with van der Waals surface area (Å²) in [5.74, 6) is 0.322. The molecule has 5 nitrogen and oxygen atoms in total. The Balaban J connectivity index is 1.87. The summed E-state index contributed by atoms with van der Waals surface area (Å²) in [5.41, 5.74) is 3.49. The molecule has 0 saturated heterocycles. The zero-order valence-electron chi connectivity index (χ0n) is 12.5. The maximum absolute atomic E-state index is 13.1. The highest BCUT2D eigenvalue weighted by atomic mass is 16.2. The number of benzene rings is 1. The molecule has 0 radical (unpaired) electrons. The van der Waals surface area contributed by atoms with Crippen molar-refractivity contribution in [2.24, 2.45) is 0 Å². The molecule has 1 atom stereocenters. The minimum absolute atomic E-state index is 0.00449. The summed E-state index contributed by atoms with van der Waals surface area (Å²) in [6.07, 6.45) is 6.84. The highest BCUT2D eigenvalue weighted by molar-refractivity contribution is 6.11. The van der Waals surface area contributed by atoms with Crippen molar-refractivity contribution in [3.63, 3.8) is 0 Å². The highest BCUT2D eigenvalue weighted by Gasteiger charge is 2.39. The second kappa shape index (κ2) is 5.28. The molecule has 0 bridgehead atoms. The van der Waals surface area contributed by atoms with E-state index in [-0.39, 0.29) is 11.8 Å². The van der Waals surface area contributed by atoms with Crippen molar-refractivity contribution < 1.29 is 4.79 Å². The molecule has 1 unspecified atom stereocenters. The van der Waals surface area contributed by atoms with Gasteiger partial charge in [0.15, 0.2) is 0 Å². The third kappa shape index (κ3) is 2.17. The zero-order valence-corrected chi connectivity index (χ0v) is 12.5. The van der Waals surface area contributed by atoms with E-state index in [9.17, 15) is 4.79 Å². The first-order valence-electron chi connectivity index (χ1n) is 7.37. The number of anilines is 2. The van der Waals surface area contributed by atoms with Crippen LogP contribution >= 0.6 is 0 Å². The highest BCUT2D eigenvalue weighted by Crippen LogP contribution is 2.44.